The first-order chi connectivity index (χ1) is 13.9. The molecule has 0 unspecified atom stereocenters. The van der Waals surface area contributed by atoms with Crippen molar-refractivity contribution in [3.63, 3.8) is 0 Å². The Morgan fingerprint density at radius 2 is 2.03 bits per heavy atom. The van der Waals surface area contributed by atoms with Crippen molar-refractivity contribution < 1.29 is 4.79 Å². The van der Waals surface area contributed by atoms with E-state index in [0.29, 0.717) is 23.0 Å². The molecule has 0 aliphatic rings. The van der Waals surface area contributed by atoms with Crippen molar-refractivity contribution in [2.75, 3.05) is 24.3 Å². The molecule has 0 bridgehead atoms. The molecular formula is C19H20N8OS. The van der Waals surface area contributed by atoms with E-state index < -0.39 is 0 Å². The molecule has 4 heterocycles. The van der Waals surface area contributed by atoms with Crippen LogP contribution in [-0.4, -0.2) is 49.7 Å². The Bertz CT molecular complexity index is 1180. The molecule has 0 fully saturated rings. The van der Waals surface area contributed by atoms with Crippen LogP contribution < -0.4 is 10.2 Å². The van der Waals surface area contributed by atoms with E-state index in [4.69, 9.17) is 0 Å². The summed E-state index contributed by atoms with van der Waals surface area (Å²) >= 11 is 1.51. The number of carbonyl (C=O) groups excluding carboxylic acids is 1. The molecule has 9 nitrogen and oxygen atoms in total. The molecule has 0 saturated heterocycles. The lowest BCUT2D eigenvalue weighted by atomic mass is 10.3. The van der Waals surface area contributed by atoms with Crippen LogP contribution in [0.1, 0.15) is 30.4 Å². The van der Waals surface area contributed by atoms with Crippen LogP contribution in [-0.2, 0) is 0 Å². The van der Waals surface area contributed by atoms with Gasteiger partial charge in [-0.1, -0.05) is 17.4 Å². The van der Waals surface area contributed by atoms with Crippen LogP contribution in [0.4, 0.5) is 10.9 Å². The average molecular weight is 408 g/mol. The van der Waals surface area contributed by atoms with Gasteiger partial charge in [-0.3, -0.25) is 4.79 Å². The summed E-state index contributed by atoms with van der Waals surface area (Å²) in [7, 11) is 3.86. The van der Waals surface area contributed by atoms with Crippen LogP contribution >= 0.6 is 11.3 Å². The number of fused-ring (bicyclic) bond motifs is 1. The molecule has 0 aliphatic carbocycles. The Kier molecular flexibility index (Phi) is 4.93. The summed E-state index contributed by atoms with van der Waals surface area (Å²) in [4.78, 5) is 32.2. The third-order valence-electron chi connectivity index (χ3n) is 4.16. The largest absolute Gasteiger partial charge is 0.354 e. The monoisotopic (exact) mass is 408 g/mol. The van der Waals surface area contributed by atoms with E-state index in [1.807, 2.05) is 45.0 Å². The van der Waals surface area contributed by atoms with Gasteiger partial charge in [0.25, 0.3) is 5.91 Å². The summed E-state index contributed by atoms with van der Waals surface area (Å²) in [6, 6.07) is 7.28. The molecule has 4 aromatic heterocycles. The second kappa shape index (κ2) is 7.55. The molecule has 0 atom stereocenters. The minimum atomic E-state index is -0.332. The van der Waals surface area contributed by atoms with Gasteiger partial charge in [-0.05, 0) is 32.0 Å². The second-order valence-electron chi connectivity index (χ2n) is 6.91. The Labute approximate surface area is 171 Å². The predicted octanol–water partition coefficient (Wildman–Crippen LogP) is 3.24. The zero-order chi connectivity index (χ0) is 20.5. The molecule has 29 heavy (non-hydrogen) atoms. The lowest BCUT2D eigenvalue weighted by Gasteiger charge is -2.10. The molecule has 0 aliphatic heterocycles. The van der Waals surface area contributed by atoms with E-state index in [9.17, 15) is 4.79 Å². The van der Waals surface area contributed by atoms with Gasteiger partial charge in [-0.25, -0.2) is 24.6 Å². The molecule has 0 aromatic carbocycles. The number of nitrogens with one attached hydrogen (secondary N) is 1. The molecule has 1 amide bonds. The summed E-state index contributed by atoms with van der Waals surface area (Å²) in [5, 5.41) is 7.90. The fourth-order valence-electron chi connectivity index (χ4n) is 2.76. The number of carbonyl (C=O) groups is 1. The van der Waals surface area contributed by atoms with Gasteiger partial charge in [0.2, 0.25) is 0 Å². The lowest BCUT2D eigenvalue weighted by molar-refractivity contribution is 0.102. The molecule has 0 spiro atoms. The van der Waals surface area contributed by atoms with E-state index in [2.05, 4.69) is 30.4 Å². The number of hydrogen-bond acceptors (Lipinski definition) is 8. The summed E-state index contributed by atoms with van der Waals surface area (Å²) in [5.74, 6) is 0.740. The molecule has 4 aromatic rings. The maximum Gasteiger partial charge on any atom is 0.275 e. The zero-order valence-corrected chi connectivity index (χ0v) is 17.3. The number of nitrogens with zero attached hydrogens (tertiary/aromatic N) is 7. The number of aromatic nitrogens is 6. The predicted molar refractivity (Wildman–Crippen MR) is 113 cm³/mol. The number of pyridine rings is 2. The third kappa shape index (κ3) is 3.79. The van der Waals surface area contributed by atoms with Crippen LogP contribution in [0.5, 0.6) is 0 Å². The first-order valence-corrected chi connectivity index (χ1v) is 9.86. The van der Waals surface area contributed by atoms with Crippen LogP contribution in [0.2, 0.25) is 0 Å². The minimum Gasteiger partial charge on any atom is -0.354 e. The summed E-state index contributed by atoms with van der Waals surface area (Å²) < 4.78 is 2.69. The van der Waals surface area contributed by atoms with Crippen LogP contribution in [0.3, 0.4) is 0 Å². The topological polar surface area (TPSA) is 102 Å². The van der Waals surface area contributed by atoms with E-state index in [-0.39, 0.29) is 11.9 Å². The SMILES string of the molecule is CC(C)n1ncnc1-c1cccc(NC(=O)c2cc3sc(N(C)C)nc3cn2)n1. The van der Waals surface area contributed by atoms with Crippen molar-refractivity contribution in [2.45, 2.75) is 19.9 Å². The number of anilines is 2. The van der Waals surface area contributed by atoms with E-state index in [0.717, 1.165) is 15.3 Å². The van der Waals surface area contributed by atoms with Crippen molar-refractivity contribution in [3.8, 4) is 11.5 Å². The van der Waals surface area contributed by atoms with Crippen molar-refractivity contribution in [1.82, 2.24) is 29.7 Å². The zero-order valence-electron chi connectivity index (χ0n) is 16.5. The average Bonchev–Trinajstić information content (AvgIpc) is 3.34. The summed E-state index contributed by atoms with van der Waals surface area (Å²) in [6.07, 6.45) is 3.11. The van der Waals surface area contributed by atoms with Gasteiger partial charge in [0.05, 0.1) is 10.9 Å². The molecular weight excluding hydrogens is 388 g/mol. The highest BCUT2D eigenvalue weighted by molar-refractivity contribution is 7.22. The summed E-state index contributed by atoms with van der Waals surface area (Å²) in [5.41, 5.74) is 1.71. The fraction of sp³-hybridized carbons (Fsp3) is 0.263. The van der Waals surface area contributed by atoms with Crippen molar-refractivity contribution >= 4 is 38.4 Å². The number of amides is 1. The Hall–Kier alpha value is -3.40. The Balaban J connectivity index is 1.58. The van der Waals surface area contributed by atoms with E-state index in [1.54, 1.807) is 23.0 Å². The van der Waals surface area contributed by atoms with Crippen LogP contribution in [0.25, 0.3) is 21.7 Å². The number of rotatable bonds is 5. The van der Waals surface area contributed by atoms with Crippen molar-refractivity contribution in [3.05, 3.63) is 42.5 Å². The standard InChI is InChI=1S/C19H20N8OS/c1-11(2)27-17(21-10-22-27)12-6-5-7-16(23-12)25-18(28)13-8-15-14(9-20-13)24-19(29-15)26(3)4/h5-11H,1-4H3,(H,23,25,28). The van der Waals surface area contributed by atoms with Gasteiger partial charge in [0.1, 0.15) is 29.0 Å². The van der Waals surface area contributed by atoms with E-state index >= 15 is 0 Å². The second-order valence-corrected chi connectivity index (χ2v) is 7.92. The maximum atomic E-state index is 12.7. The number of hydrogen-bond donors (Lipinski definition) is 1. The molecule has 1 N–H and O–H groups in total. The first-order valence-electron chi connectivity index (χ1n) is 9.04. The molecule has 0 saturated carbocycles. The van der Waals surface area contributed by atoms with Gasteiger partial charge < -0.3 is 10.2 Å². The third-order valence-corrected chi connectivity index (χ3v) is 5.35. The normalized spacial score (nSPS) is 11.2. The minimum absolute atomic E-state index is 0.148. The quantitative estimate of drug-likeness (QED) is 0.541. The molecule has 148 valence electrons. The van der Waals surface area contributed by atoms with Gasteiger partial charge in [-0.2, -0.15) is 5.10 Å². The highest BCUT2D eigenvalue weighted by Crippen LogP contribution is 2.27. The molecule has 4 rings (SSSR count). The number of thiazole rings is 1. The molecule has 0 radical (unpaired) electrons. The van der Waals surface area contributed by atoms with Crippen molar-refractivity contribution in [1.29, 1.82) is 0 Å². The summed E-state index contributed by atoms with van der Waals surface area (Å²) in [6.45, 7) is 4.04. The van der Waals surface area contributed by atoms with Crippen LogP contribution in [0.15, 0.2) is 36.8 Å². The fourth-order valence-corrected chi connectivity index (χ4v) is 3.65. The Morgan fingerprint density at radius 1 is 1.21 bits per heavy atom. The molecule has 10 heteroatoms. The maximum absolute atomic E-state index is 12.7. The Morgan fingerprint density at radius 3 is 2.79 bits per heavy atom. The highest BCUT2D eigenvalue weighted by Gasteiger charge is 2.15. The van der Waals surface area contributed by atoms with Gasteiger partial charge >= 0.3 is 0 Å². The van der Waals surface area contributed by atoms with E-state index in [1.165, 1.54) is 17.7 Å². The lowest BCUT2D eigenvalue weighted by Crippen LogP contribution is -2.15. The van der Waals surface area contributed by atoms with Crippen molar-refractivity contribution in [2.24, 2.45) is 0 Å². The first kappa shape index (κ1) is 18.9. The van der Waals surface area contributed by atoms with Gasteiger partial charge in [0.15, 0.2) is 11.0 Å². The smallest absolute Gasteiger partial charge is 0.275 e. The van der Waals surface area contributed by atoms with Crippen LogP contribution in [0, 0.1) is 0 Å². The van der Waals surface area contributed by atoms with Gasteiger partial charge in [-0.15, -0.1) is 0 Å². The highest BCUT2D eigenvalue weighted by atomic mass is 32.1. The van der Waals surface area contributed by atoms with Gasteiger partial charge in [0, 0.05) is 20.1 Å².